The molecule has 3 N–H and O–H groups in total. The second-order valence-corrected chi connectivity index (χ2v) is 5.27. The number of anilines is 2. The molecule has 5 heteroatoms. The maximum atomic E-state index is 5.73. The SMILES string of the molecule is COc1c(N)nsc1NC(C)CCc1ccccc1. The van der Waals surface area contributed by atoms with Crippen molar-refractivity contribution < 1.29 is 4.74 Å². The number of aryl methyl sites for hydroxylation is 1. The molecule has 102 valence electrons. The van der Waals surface area contributed by atoms with Crippen LogP contribution >= 0.6 is 11.5 Å². The molecule has 0 amide bonds. The van der Waals surface area contributed by atoms with Crippen LogP contribution < -0.4 is 15.8 Å². The summed E-state index contributed by atoms with van der Waals surface area (Å²) in [6, 6.07) is 10.8. The lowest BCUT2D eigenvalue weighted by Crippen LogP contribution is -2.15. The number of hydrogen-bond acceptors (Lipinski definition) is 5. The van der Waals surface area contributed by atoms with Crippen LogP contribution in [-0.2, 0) is 6.42 Å². The summed E-state index contributed by atoms with van der Waals surface area (Å²) in [5.74, 6) is 1.10. The van der Waals surface area contributed by atoms with Crippen molar-refractivity contribution in [1.82, 2.24) is 4.37 Å². The van der Waals surface area contributed by atoms with Gasteiger partial charge in [-0.25, -0.2) is 0 Å². The Bertz CT molecular complexity index is 513. The highest BCUT2D eigenvalue weighted by Gasteiger charge is 2.13. The van der Waals surface area contributed by atoms with Gasteiger partial charge in [-0.15, -0.1) is 0 Å². The summed E-state index contributed by atoms with van der Waals surface area (Å²) in [6.45, 7) is 2.15. The van der Waals surface area contributed by atoms with Crippen LogP contribution in [-0.4, -0.2) is 17.5 Å². The van der Waals surface area contributed by atoms with E-state index in [4.69, 9.17) is 10.5 Å². The number of nitrogens with one attached hydrogen (secondary N) is 1. The van der Waals surface area contributed by atoms with Crippen molar-refractivity contribution in [1.29, 1.82) is 0 Å². The van der Waals surface area contributed by atoms with Gasteiger partial charge in [-0.1, -0.05) is 30.3 Å². The van der Waals surface area contributed by atoms with Crippen LogP contribution in [0.4, 0.5) is 10.8 Å². The zero-order valence-corrected chi connectivity index (χ0v) is 12.0. The Morgan fingerprint density at radius 1 is 1.37 bits per heavy atom. The van der Waals surface area contributed by atoms with Crippen LogP contribution in [0.3, 0.4) is 0 Å². The average molecular weight is 277 g/mol. The molecule has 0 saturated heterocycles. The third kappa shape index (κ3) is 3.61. The van der Waals surface area contributed by atoms with E-state index in [1.165, 1.54) is 17.1 Å². The minimum absolute atomic E-state index is 0.342. The fourth-order valence-corrected chi connectivity index (χ4v) is 2.70. The van der Waals surface area contributed by atoms with E-state index in [-0.39, 0.29) is 0 Å². The van der Waals surface area contributed by atoms with Gasteiger partial charge in [0, 0.05) is 6.04 Å². The Balaban J connectivity index is 1.89. The van der Waals surface area contributed by atoms with Gasteiger partial charge in [-0.3, -0.25) is 0 Å². The van der Waals surface area contributed by atoms with Crippen molar-refractivity contribution in [3.8, 4) is 5.75 Å². The van der Waals surface area contributed by atoms with Crippen molar-refractivity contribution in [2.24, 2.45) is 0 Å². The summed E-state index contributed by atoms with van der Waals surface area (Å²) in [5.41, 5.74) is 7.08. The number of nitrogens with zero attached hydrogens (tertiary/aromatic N) is 1. The molecule has 1 heterocycles. The molecule has 0 aliphatic rings. The van der Waals surface area contributed by atoms with Gasteiger partial charge < -0.3 is 15.8 Å². The highest BCUT2D eigenvalue weighted by atomic mass is 32.1. The quantitative estimate of drug-likeness (QED) is 0.851. The van der Waals surface area contributed by atoms with E-state index in [0.717, 1.165) is 17.8 Å². The topological polar surface area (TPSA) is 60.2 Å². The average Bonchev–Trinajstić information content (AvgIpc) is 2.78. The van der Waals surface area contributed by atoms with E-state index in [1.54, 1.807) is 7.11 Å². The summed E-state index contributed by atoms with van der Waals surface area (Å²) in [6.07, 6.45) is 2.09. The third-order valence-electron chi connectivity index (χ3n) is 2.96. The largest absolute Gasteiger partial charge is 0.490 e. The van der Waals surface area contributed by atoms with Crippen LogP contribution in [0.5, 0.6) is 5.75 Å². The molecule has 1 aromatic carbocycles. The van der Waals surface area contributed by atoms with E-state index in [2.05, 4.69) is 40.9 Å². The lowest BCUT2D eigenvalue weighted by Gasteiger charge is -2.14. The van der Waals surface area contributed by atoms with Crippen LogP contribution in [0.2, 0.25) is 0 Å². The molecule has 0 fully saturated rings. The third-order valence-corrected chi connectivity index (χ3v) is 3.74. The Hall–Kier alpha value is -1.75. The molecule has 1 atom stereocenters. The van der Waals surface area contributed by atoms with Crippen LogP contribution in [0.25, 0.3) is 0 Å². The highest BCUT2D eigenvalue weighted by Crippen LogP contribution is 2.35. The van der Waals surface area contributed by atoms with Gasteiger partial charge in [0.25, 0.3) is 0 Å². The lowest BCUT2D eigenvalue weighted by atomic mass is 10.1. The molecular weight excluding hydrogens is 258 g/mol. The van der Waals surface area contributed by atoms with E-state index in [1.807, 2.05) is 6.07 Å². The van der Waals surface area contributed by atoms with Gasteiger partial charge >= 0.3 is 0 Å². The molecule has 0 aliphatic carbocycles. The molecule has 4 nitrogen and oxygen atoms in total. The highest BCUT2D eigenvalue weighted by molar-refractivity contribution is 7.11. The van der Waals surface area contributed by atoms with Crippen molar-refractivity contribution in [3.63, 3.8) is 0 Å². The summed E-state index contributed by atoms with van der Waals surface area (Å²) in [5, 5.41) is 4.31. The predicted octanol–water partition coefficient (Wildman–Crippen LogP) is 3.17. The number of ether oxygens (including phenoxy) is 1. The fraction of sp³-hybridized carbons (Fsp3) is 0.357. The zero-order chi connectivity index (χ0) is 13.7. The number of methoxy groups -OCH3 is 1. The number of benzene rings is 1. The van der Waals surface area contributed by atoms with E-state index in [0.29, 0.717) is 17.6 Å². The fourth-order valence-electron chi connectivity index (χ4n) is 1.91. The molecule has 1 aromatic heterocycles. The number of rotatable bonds is 6. The minimum atomic E-state index is 0.342. The van der Waals surface area contributed by atoms with Crippen LogP contribution in [0, 0.1) is 0 Å². The number of nitrogens with two attached hydrogens (primary N) is 1. The smallest absolute Gasteiger partial charge is 0.197 e. The molecule has 19 heavy (non-hydrogen) atoms. The maximum Gasteiger partial charge on any atom is 0.197 e. The molecule has 2 aromatic rings. The zero-order valence-electron chi connectivity index (χ0n) is 11.2. The first kappa shape index (κ1) is 13.7. The first-order valence-electron chi connectivity index (χ1n) is 6.30. The molecule has 0 radical (unpaired) electrons. The van der Waals surface area contributed by atoms with Gasteiger partial charge in [0.05, 0.1) is 7.11 Å². The number of nitrogen functional groups attached to an aromatic ring is 1. The Kier molecular flexibility index (Phi) is 4.63. The Morgan fingerprint density at radius 2 is 2.11 bits per heavy atom. The summed E-state index contributed by atoms with van der Waals surface area (Å²) >= 11 is 1.34. The van der Waals surface area contributed by atoms with E-state index in [9.17, 15) is 0 Å². The van der Waals surface area contributed by atoms with Crippen molar-refractivity contribution >= 4 is 22.4 Å². The van der Waals surface area contributed by atoms with Gasteiger partial charge in [0.1, 0.15) is 0 Å². The monoisotopic (exact) mass is 277 g/mol. The predicted molar refractivity (Wildman–Crippen MR) is 80.9 cm³/mol. The van der Waals surface area contributed by atoms with Crippen LogP contribution in [0.1, 0.15) is 18.9 Å². The van der Waals surface area contributed by atoms with Crippen molar-refractivity contribution in [3.05, 3.63) is 35.9 Å². The molecule has 2 rings (SSSR count). The normalized spacial score (nSPS) is 12.1. The molecular formula is C14H19N3OS. The van der Waals surface area contributed by atoms with Crippen molar-refractivity contribution in [2.45, 2.75) is 25.8 Å². The van der Waals surface area contributed by atoms with Gasteiger partial charge in [0.15, 0.2) is 16.6 Å². The Labute approximate surface area is 117 Å². The minimum Gasteiger partial charge on any atom is -0.490 e. The molecule has 0 aliphatic heterocycles. The summed E-state index contributed by atoms with van der Waals surface area (Å²) < 4.78 is 9.33. The summed E-state index contributed by atoms with van der Waals surface area (Å²) in [4.78, 5) is 0. The summed E-state index contributed by atoms with van der Waals surface area (Å²) in [7, 11) is 1.61. The van der Waals surface area contributed by atoms with Gasteiger partial charge in [0.2, 0.25) is 0 Å². The standard InChI is InChI=1S/C14H19N3OS/c1-10(8-9-11-6-4-3-5-7-11)16-14-12(18-2)13(15)17-19-14/h3-7,10,16H,8-9H2,1-2H3,(H2,15,17). The van der Waals surface area contributed by atoms with E-state index >= 15 is 0 Å². The molecule has 0 spiro atoms. The Morgan fingerprint density at radius 3 is 2.79 bits per heavy atom. The van der Waals surface area contributed by atoms with E-state index < -0.39 is 0 Å². The molecule has 0 saturated carbocycles. The molecule has 0 bridgehead atoms. The second kappa shape index (κ2) is 6.43. The van der Waals surface area contributed by atoms with Gasteiger partial charge in [-0.05, 0) is 36.9 Å². The first-order chi connectivity index (χ1) is 9.20. The van der Waals surface area contributed by atoms with Crippen LogP contribution in [0.15, 0.2) is 30.3 Å². The maximum absolute atomic E-state index is 5.73. The lowest BCUT2D eigenvalue weighted by molar-refractivity contribution is 0.419. The second-order valence-electron chi connectivity index (χ2n) is 4.50. The number of hydrogen-bond donors (Lipinski definition) is 2. The van der Waals surface area contributed by atoms with Crippen molar-refractivity contribution in [2.75, 3.05) is 18.2 Å². The number of aromatic nitrogens is 1. The first-order valence-corrected chi connectivity index (χ1v) is 7.07. The van der Waals surface area contributed by atoms with Gasteiger partial charge in [-0.2, -0.15) is 4.37 Å². The molecule has 1 unspecified atom stereocenters.